The van der Waals surface area contributed by atoms with Crippen molar-refractivity contribution >= 4 is 17.6 Å². The number of carbonyl (C=O) groups is 1. The lowest BCUT2D eigenvalue weighted by Crippen LogP contribution is -2.07. The van der Waals surface area contributed by atoms with Crippen molar-refractivity contribution in [3.05, 3.63) is 51.4 Å². The van der Waals surface area contributed by atoms with Crippen LogP contribution in [0.25, 0.3) is 0 Å². The van der Waals surface area contributed by atoms with Gasteiger partial charge < -0.3 is 9.84 Å². The van der Waals surface area contributed by atoms with Crippen LogP contribution in [0.4, 0.5) is 4.39 Å². The predicted molar refractivity (Wildman–Crippen MR) is 76.9 cm³/mol. The maximum atomic E-state index is 13.1. The highest BCUT2D eigenvalue weighted by molar-refractivity contribution is 6.32. The number of aromatic nitrogens is 1. The SMILES string of the molecule is Cc1cc(F)ccc1Oc1nc(C)c(Cl)c(C)c1C(=O)O. The minimum absolute atomic E-state index is 0.0587. The number of hydrogen-bond acceptors (Lipinski definition) is 3. The highest BCUT2D eigenvalue weighted by Crippen LogP contribution is 2.32. The summed E-state index contributed by atoms with van der Waals surface area (Å²) in [6.45, 7) is 4.91. The molecule has 110 valence electrons. The fourth-order valence-electron chi connectivity index (χ4n) is 1.96. The van der Waals surface area contributed by atoms with Gasteiger partial charge in [-0.25, -0.2) is 14.2 Å². The van der Waals surface area contributed by atoms with Crippen molar-refractivity contribution in [1.29, 1.82) is 0 Å². The van der Waals surface area contributed by atoms with Gasteiger partial charge in [0.25, 0.3) is 0 Å². The summed E-state index contributed by atoms with van der Waals surface area (Å²) in [5.41, 5.74) is 1.29. The van der Waals surface area contributed by atoms with Gasteiger partial charge in [0.15, 0.2) is 0 Å². The molecule has 1 aromatic heterocycles. The van der Waals surface area contributed by atoms with E-state index in [0.717, 1.165) is 0 Å². The first-order valence-corrected chi connectivity index (χ1v) is 6.53. The topological polar surface area (TPSA) is 59.4 Å². The van der Waals surface area contributed by atoms with Gasteiger partial charge >= 0.3 is 5.97 Å². The summed E-state index contributed by atoms with van der Waals surface area (Å²) in [7, 11) is 0. The van der Waals surface area contributed by atoms with Gasteiger partial charge in [-0.1, -0.05) is 11.6 Å². The van der Waals surface area contributed by atoms with Crippen LogP contribution < -0.4 is 4.74 Å². The van der Waals surface area contributed by atoms with Crippen molar-refractivity contribution in [2.75, 3.05) is 0 Å². The molecular weight excluding hydrogens is 297 g/mol. The summed E-state index contributed by atoms with van der Waals surface area (Å²) in [5, 5.41) is 9.60. The lowest BCUT2D eigenvalue weighted by Gasteiger charge is -2.14. The number of carboxylic acid groups (broad SMARTS) is 1. The second kappa shape index (κ2) is 5.69. The minimum Gasteiger partial charge on any atom is -0.477 e. The van der Waals surface area contributed by atoms with Crippen LogP contribution in [0.3, 0.4) is 0 Å². The number of pyridine rings is 1. The number of aryl methyl sites for hydroxylation is 2. The van der Waals surface area contributed by atoms with Gasteiger partial charge in [0, 0.05) is 0 Å². The van der Waals surface area contributed by atoms with Gasteiger partial charge in [0.05, 0.1) is 10.7 Å². The number of aromatic carboxylic acids is 1. The zero-order valence-corrected chi connectivity index (χ0v) is 12.5. The third-order valence-electron chi connectivity index (χ3n) is 3.06. The molecule has 2 rings (SSSR count). The first-order valence-electron chi connectivity index (χ1n) is 6.15. The van der Waals surface area contributed by atoms with Gasteiger partial charge in [-0.2, -0.15) is 0 Å². The van der Waals surface area contributed by atoms with E-state index in [1.165, 1.54) is 18.2 Å². The molecule has 0 amide bonds. The smallest absolute Gasteiger partial charge is 0.341 e. The molecule has 1 heterocycles. The Bertz CT molecular complexity index is 731. The minimum atomic E-state index is -1.18. The maximum Gasteiger partial charge on any atom is 0.341 e. The van der Waals surface area contributed by atoms with Crippen molar-refractivity contribution < 1.29 is 19.0 Å². The summed E-state index contributed by atoms with van der Waals surface area (Å²) in [5.74, 6) is -1.30. The highest BCUT2D eigenvalue weighted by atomic mass is 35.5. The molecule has 2 aromatic rings. The van der Waals surface area contributed by atoms with Crippen LogP contribution in [-0.2, 0) is 0 Å². The Balaban J connectivity index is 2.56. The van der Waals surface area contributed by atoms with Crippen LogP contribution >= 0.6 is 11.6 Å². The van der Waals surface area contributed by atoms with Gasteiger partial charge in [-0.3, -0.25) is 0 Å². The molecule has 0 unspecified atom stereocenters. The molecule has 0 atom stereocenters. The number of carboxylic acids is 1. The van der Waals surface area contributed by atoms with E-state index in [9.17, 15) is 14.3 Å². The Labute approximate surface area is 126 Å². The zero-order chi connectivity index (χ0) is 15.7. The lowest BCUT2D eigenvalue weighted by atomic mass is 10.1. The van der Waals surface area contributed by atoms with Crippen molar-refractivity contribution in [3.63, 3.8) is 0 Å². The van der Waals surface area contributed by atoms with E-state index in [1.54, 1.807) is 20.8 Å². The molecule has 6 heteroatoms. The van der Waals surface area contributed by atoms with Gasteiger partial charge in [-0.15, -0.1) is 0 Å². The van der Waals surface area contributed by atoms with Crippen molar-refractivity contribution in [2.45, 2.75) is 20.8 Å². The van der Waals surface area contributed by atoms with Gasteiger partial charge in [0.1, 0.15) is 17.1 Å². The monoisotopic (exact) mass is 309 g/mol. The fourth-order valence-corrected chi connectivity index (χ4v) is 2.09. The molecule has 1 N–H and O–H groups in total. The van der Waals surface area contributed by atoms with Crippen molar-refractivity contribution in [1.82, 2.24) is 4.98 Å². The number of benzene rings is 1. The van der Waals surface area contributed by atoms with Crippen LogP contribution in [-0.4, -0.2) is 16.1 Å². The molecule has 0 aliphatic carbocycles. The first kappa shape index (κ1) is 15.3. The number of ether oxygens (including phenoxy) is 1. The Morgan fingerprint density at radius 3 is 2.57 bits per heavy atom. The Kier molecular flexibility index (Phi) is 4.14. The van der Waals surface area contributed by atoms with E-state index >= 15 is 0 Å². The molecule has 0 saturated carbocycles. The third kappa shape index (κ3) is 2.97. The molecule has 0 saturated heterocycles. The molecule has 0 aliphatic heterocycles. The normalized spacial score (nSPS) is 10.5. The maximum absolute atomic E-state index is 13.1. The van der Waals surface area contributed by atoms with E-state index in [2.05, 4.69) is 4.98 Å². The van der Waals surface area contributed by atoms with Crippen molar-refractivity contribution in [3.8, 4) is 11.6 Å². The molecule has 0 bridgehead atoms. The van der Waals surface area contributed by atoms with Crippen molar-refractivity contribution in [2.24, 2.45) is 0 Å². The summed E-state index contributed by atoms with van der Waals surface area (Å²) >= 11 is 6.02. The van der Waals surface area contributed by atoms with Gasteiger partial charge in [0.2, 0.25) is 5.88 Å². The molecule has 0 fully saturated rings. The van der Waals surface area contributed by atoms with Crippen LogP contribution in [0.1, 0.15) is 27.2 Å². The predicted octanol–water partition coefficient (Wildman–Crippen LogP) is 4.29. The van der Waals surface area contributed by atoms with Gasteiger partial charge in [-0.05, 0) is 50.1 Å². The average Bonchev–Trinajstić information content (AvgIpc) is 2.39. The number of rotatable bonds is 3. The molecule has 21 heavy (non-hydrogen) atoms. The van der Waals surface area contributed by atoms with E-state index in [1.807, 2.05) is 0 Å². The van der Waals surface area contributed by atoms with Crippen LogP contribution in [0, 0.1) is 26.6 Å². The molecular formula is C15H13ClFNO3. The van der Waals surface area contributed by atoms with Crippen LogP contribution in [0.5, 0.6) is 11.6 Å². The number of halogens is 2. The second-order valence-electron chi connectivity index (χ2n) is 4.63. The lowest BCUT2D eigenvalue weighted by molar-refractivity contribution is 0.0692. The summed E-state index contributed by atoms with van der Waals surface area (Å²) in [6.07, 6.45) is 0. The third-order valence-corrected chi connectivity index (χ3v) is 3.62. The molecule has 0 spiro atoms. The Morgan fingerprint density at radius 2 is 2.00 bits per heavy atom. The average molecular weight is 310 g/mol. The Hall–Kier alpha value is -2.14. The standard InChI is InChI=1S/C15H13ClFNO3/c1-7-6-10(17)4-5-11(7)21-14-12(15(19)20)8(2)13(16)9(3)18-14/h4-6H,1-3H3,(H,19,20). The Morgan fingerprint density at radius 1 is 1.33 bits per heavy atom. The van der Waals surface area contributed by atoms with E-state index in [-0.39, 0.29) is 16.5 Å². The molecule has 1 aromatic carbocycles. The summed E-state index contributed by atoms with van der Waals surface area (Å²) in [6, 6.07) is 3.96. The quantitative estimate of drug-likeness (QED) is 0.918. The first-order chi connectivity index (χ1) is 9.81. The fraction of sp³-hybridized carbons (Fsp3) is 0.200. The number of nitrogens with zero attached hydrogens (tertiary/aromatic N) is 1. The van der Waals surface area contributed by atoms with Crippen LogP contribution in [0.15, 0.2) is 18.2 Å². The zero-order valence-electron chi connectivity index (χ0n) is 11.7. The summed E-state index contributed by atoms with van der Waals surface area (Å²) < 4.78 is 18.6. The molecule has 0 aliphatic rings. The van der Waals surface area contributed by atoms with E-state index in [0.29, 0.717) is 22.6 Å². The second-order valence-corrected chi connectivity index (χ2v) is 5.01. The number of hydrogen-bond donors (Lipinski definition) is 1. The molecule has 4 nitrogen and oxygen atoms in total. The van der Waals surface area contributed by atoms with Crippen LogP contribution in [0.2, 0.25) is 5.02 Å². The summed E-state index contributed by atoms with van der Waals surface area (Å²) in [4.78, 5) is 15.5. The van der Waals surface area contributed by atoms with E-state index < -0.39 is 11.8 Å². The largest absolute Gasteiger partial charge is 0.477 e. The van der Waals surface area contributed by atoms with E-state index in [4.69, 9.17) is 16.3 Å². The molecule has 0 radical (unpaired) electrons. The highest BCUT2D eigenvalue weighted by Gasteiger charge is 2.21.